The van der Waals surface area contributed by atoms with Crippen molar-refractivity contribution in [2.45, 2.75) is 32.4 Å². The van der Waals surface area contributed by atoms with E-state index in [4.69, 9.17) is 0 Å². The van der Waals surface area contributed by atoms with Gasteiger partial charge in [-0.05, 0) is 37.5 Å². The predicted octanol–water partition coefficient (Wildman–Crippen LogP) is 3.52. The molecule has 5 nitrogen and oxygen atoms in total. The maximum Gasteiger partial charge on any atom is 0.270 e. The first kappa shape index (κ1) is 16.6. The Kier molecular flexibility index (Phi) is 4.61. The standard InChI is InChI=1S/C21H24N4O/c1-17-22-11-14-25(17)19-9-5-13-24(16-19)21(26)20-10-6-12-23(20)15-18-7-3-2-4-8-18/h2-4,6-8,10-12,14,19H,5,9,13,15-16H2,1H3/t19-/m0/s1. The van der Waals surface area contributed by atoms with Crippen LogP contribution in [0.5, 0.6) is 0 Å². The van der Waals surface area contributed by atoms with Crippen LogP contribution < -0.4 is 0 Å². The molecule has 4 rings (SSSR count). The summed E-state index contributed by atoms with van der Waals surface area (Å²) in [4.78, 5) is 19.5. The molecule has 3 heterocycles. The molecule has 5 heteroatoms. The summed E-state index contributed by atoms with van der Waals surface area (Å²) >= 11 is 0. The van der Waals surface area contributed by atoms with E-state index in [1.807, 2.05) is 65.3 Å². The minimum absolute atomic E-state index is 0.119. The minimum atomic E-state index is 0.119. The van der Waals surface area contributed by atoms with Crippen molar-refractivity contribution in [3.8, 4) is 0 Å². The zero-order valence-electron chi connectivity index (χ0n) is 15.1. The van der Waals surface area contributed by atoms with Crippen LogP contribution >= 0.6 is 0 Å². The Labute approximate surface area is 153 Å². The zero-order chi connectivity index (χ0) is 17.9. The van der Waals surface area contributed by atoms with E-state index in [1.165, 1.54) is 5.56 Å². The fraction of sp³-hybridized carbons (Fsp3) is 0.333. The SMILES string of the molecule is Cc1nccn1[C@H]1CCCN(C(=O)c2cccn2Cc2ccccc2)C1. The van der Waals surface area contributed by atoms with Crippen molar-refractivity contribution in [2.75, 3.05) is 13.1 Å². The molecule has 1 aliphatic rings. The fourth-order valence-electron chi connectivity index (χ4n) is 3.83. The lowest BCUT2D eigenvalue weighted by Gasteiger charge is -2.34. The van der Waals surface area contributed by atoms with E-state index >= 15 is 0 Å². The molecule has 0 spiro atoms. The number of likely N-dealkylation sites (tertiary alicyclic amines) is 1. The third-order valence-electron chi connectivity index (χ3n) is 5.18. The van der Waals surface area contributed by atoms with Gasteiger partial charge in [-0.25, -0.2) is 4.98 Å². The van der Waals surface area contributed by atoms with Crippen molar-refractivity contribution >= 4 is 5.91 Å². The highest BCUT2D eigenvalue weighted by Crippen LogP contribution is 2.24. The predicted molar refractivity (Wildman–Crippen MR) is 101 cm³/mol. The lowest BCUT2D eigenvalue weighted by molar-refractivity contribution is 0.0668. The van der Waals surface area contributed by atoms with Gasteiger partial charge in [-0.3, -0.25) is 4.79 Å². The van der Waals surface area contributed by atoms with Gasteiger partial charge in [0.2, 0.25) is 0 Å². The van der Waals surface area contributed by atoms with Gasteiger partial charge in [0, 0.05) is 38.2 Å². The van der Waals surface area contributed by atoms with Crippen molar-refractivity contribution in [3.05, 3.63) is 78.1 Å². The smallest absolute Gasteiger partial charge is 0.270 e. The van der Waals surface area contributed by atoms with Gasteiger partial charge in [0.15, 0.2) is 0 Å². The number of carbonyl (C=O) groups excluding carboxylic acids is 1. The second kappa shape index (κ2) is 7.20. The van der Waals surface area contributed by atoms with Gasteiger partial charge < -0.3 is 14.0 Å². The number of benzene rings is 1. The number of imidazole rings is 1. The van der Waals surface area contributed by atoms with E-state index in [2.05, 4.69) is 21.7 Å². The number of hydrogen-bond donors (Lipinski definition) is 0. The third-order valence-corrected chi connectivity index (χ3v) is 5.18. The highest BCUT2D eigenvalue weighted by Gasteiger charge is 2.27. The average molecular weight is 348 g/mol. The molecular weight excluding hydrogens is 324 g/mol. The van der Waals surface area contributed by atoms with Crippen LogP contribution in [0.3, 0.4) is 0 Å². The molecule has 0 N–H and O–H groups in total. The molecule has 1 fully saturated rings. The molecule has 1 aromatic carbocycles. The minimum Gasteiger partial charge on any atom is -0.339 e. The van der Waals surface area contributed by atoms with Crippen molar-refractivity contribution in [1.29, 1.82) is 0 Å². The number of carbonyl (C=O) groups is 1. The number of hydrogen-bond acceptors (Lipinski definition) is 2. The van der Waals surface area contributed by atoms with Gasteiger partial charge >= 0.3 is 0 Å². The van der Waals surface area contributed by atoms with E-state index < -0.39 is 0 Å². The Morgan fingerprint density at radius 1 is 1.15 bits per heavy atom. The van der Waals surface area contributed by atoms with E-state index in [9.17, 15) is 4.79 Å². The number of nitrogens with zero attached hydrogens (tertiary/aromatic N) is 4. The van der Waals surface area contributed by atoms with Crippen molar-refractivity contribution < 1.29 is 4.79 Å². The lowest BCUT2D eigenvalue weighted by Crippen LogP contribution is -2.41. The second-order valence-electron chi connectivity index (χ2n) is 6.94. The quantitative estimate of drug-likeness (QED) is 0.724. The normalized spacial score (nSPS) is 17.4. The van der Waals surface area contributed by atoms with Crippen LogP contribution in [0.15, 0.2) is 61.1 Å². The average Bonchev–Trinajstić information content (AvgIpc) is 3.31. The van der Waals surface area contributed by atoms with E-state index in [-0.39, 0.29) is 5.91 Å². The van der Waals surface area contributed by atoms with Crippen molar-refractivity contribution in [3.63, 3.8) is 0 Å². The molecule has 0 bridgehead atoms. The van der Waals surface area contributed by atoms with Crippen LogP contribution in [0.25, 0.3) is 0 Å². The Bertz CT molecular complexity index is 880. The van der Waals surface area contributed by atoms with Gasteiger partial charge in [-0.2, -0.15) is 0 Å². The summed E-state index contributed by atoms with van der Waals surface area (Å²) in [6.07, 6.45) is 7.95. The largest absolute Gasteiger partial charge is 0.339 e. The zero-order valence-corrected chi connectivity index (χ0v) is 15.1. The van der Waals surface area contributed by atoms with Crippen LogP contribution in [0.1, 0.15) is 40.8 Å². The molecule has 134 valence electrons. The Morgan fingerprint density at radius 2 is 2.00 bits per heavy atom. The first-order chi connectivity index (χ1) is 12.7. The van der Waals surface area contributed by atoms with Gasteiger partial charge in [0.05, 0.1) is 6.04 Å². The molecule has 0 radical (unpaired) electrons. The third kappa shape index (κ3) is 3.29. The maximum atomic E-state index is 13.2. The molecule has 1 aliphatic heterocycles. The number of amides is 1. The maximum absolute atomic E-state index is 13.2. The molecule has 26 heavy (non-hydrogen) atoms. The first-order valence-electron chi connectivity index (χ1n) is 9.20. The number of piperidine rings is 1. The lowest BCUT2D eigenvalue weighted by atomic mass is 10.0. The van der Waals surface area contributed by atoms with E-state index in [1.54, 1.807) is 0 Å². The van der Waals surface area contributed by atoms with E-state index in [0.29, 0.717) is 12.6 Å². The molecule has 3 aromatic rings. The molecule has 0 aliphatic carbocycles. The molecule has 0 unspecified atom stereocenters. The molecular formula is C21H24N4O. The summed E-state index contributed by atoms with van der Waals surface area (Å²) in [6.45, 7) is 4.30. The van der Waals surface area contributed by atoms with Crippen molar-refractivity contribution in [1.82, 2.24) is 19.0 Å². The molecule has 2 aromatic heterocycles. The topological polar surface area (TPSA) is 43.1 Å². The first-order valence-corrected chi connectivity index (χ1v) is 9.20. The Morgan fingerprint density at radius 3 is 2.77 bits per heavy atom. The molecule has 1 amide bonds. The van der Waals surface area contributed by atoms with Crippen molar-refractivity contribution in [2.24, 2.45) is 0 Å². The van der Waals surface area contributed by atoms with Gasteiger partial charge in [0.25, 0.3) is 5.91 Å². The Balaban J connectivity index is 1.51. The summed E-state index contributed by atoms with van der Waals surface area (Å²) in [7, 11) is 0. The summed E-state index contributed by atoms with van der Waals surface area (Å²) in [6, 6.07) is 14.4. The van der Waals surface area contributed by atoms with Crippen LogP contribution in [0.2, 0.25) is 0 Å². The molecule has 0 saturated carbocycles. The van der Waals surface area contributed by atoms with Gasteiger partial charge in [0.1, 0.15) is 11.5 Å². The van der Waals surface area contributed by atoms with Crippen LogP contribution in [-0.2, 0) is 6.54 Å². The van der Waals surface area contributed by atoms with E-state index in [0.717, 1.165) is 37.4 Å². The van der Waals surface area contributed by atoms with Gasteiger partial charge in [-0.1, -0.05) is 30.3 Å². The van der Waals surface area contributed by atoms with Crippen LogP contribution in [0, 0.1) is 6.92 Å². The second-order valence-corrected chi connectivity index (χ2v) is 6.94. The van der Waals surface area contributed by atoms with Crippen LogP contribution in [0.4, 0.5) is 0 Å². The fourth-order valence-corrected chi connectivity index (χ4v) is 3.83. The molecule has 1 saturated heterocycles. The molecule has 1 atom stereocenters. The summed E-state index contributed by atoms with van der Waals surface area (Å²) in [5, 5.41) is 0. The van der Waals surface area contributed by atoms with Crippen LogP contribution in [-0.4, -0.2) is 38.0 Å². The Hall–Kier alpha value is -2.82. The summed E-state index contributed by atoms with van der Waals surface area (Å²) in [5.41, 5.74) is 1.96. The highest BCUT2D eigenvalue weighted by atomic mass is 16.2. The number of aromatic nitrogens is 3. The number of aryl methyl sites for hydroxylation is 1. The summed E-state index contributed by atoms with van der Waals surface area (Å²) < 4.78 is 4.24. The van der Waals surface area contributed by atoms with Gasteiger partial charge in [-0.15, -0.1) is 0 Å². The summed E-state index contributed by atoms with van der Waals surface area (Å²) in [5.74, 6) is 1.13. The number of rotatable bonds is 4. The highest BCUT2D eigenvalue weighted by molar-refractivity contribution is 5.92. The monoisotopic (exact) mass is 348 g/mol.